The summed E-state index contributed by atoms with van der Waals surface area (Å²) >= 11 is 0. The molecule has 0 aliphatic heterocycles. The third-order valence-corrected chi connectivity index (χ3v) is 4.92. The van der Waals surface area contributed by atoms with Gasteiger partial charge in [0.25, 0.3) is 5.91 Å². The van der Waals surface area contributed by atoms with Gasteiger partial charge in [0.2, 0.25) is 0 Å². The van der Waals surface area contributed by atoms with Crippen LogP contribution in [0.25, 0.3) is 0 Å². The number of carbonyl (C=O) groups is 1. The number of amides is 1. The molecule has 1 N–H and O–H groups in total. The van der Waals surface area contributed by atoms with Crippen molar-refractivity contribution >= 4 is 5.91 Å². The fourth-order valence-corrected chi connectivity index (χ4v) is 3.61. The first-order chi connectivity index (χ1) is 12.8. The molecule has 0 saturated heterocycles. The van der Waals surface area contributed by atoms with E-state index >= 15 is 0 Å². The van der Waals surface area contributed by atoms with E-state index < -0.39 is 0 Å². The topological polar surface area (TPSA) is 29.1 Å². The summed E-state index contributed by atoms with van der Waals surface area (Å²) < 4.78 is 0. The monoisotopic (exact) mass is 343 g/mol. The fourth-order valence-electron chi connectivity index (χ4n) is 3.61. The number of hydrogen-bond donors (Lipinski definition) is 1. The molecule has 0 fully saturated rings. The Labute approximate surface area is 155 Å². The zero-order valence-electron chi connectivity index (χ0n) is 15.2. The van der Waals surface area contributed by atoms with Gasteiger partial charge in [0.1, 0.15) is 0 Å². The molecule has 3 aromatic rings. The second kappa shape index (κ2) is 8.48. The fraction of sp³-hybridized carbons (Fsp3) is 0.208. The van der Waals surface area contributed by atoms with Gasteiger partial charge in [-0.25, -0.2) is 0 Å². The Kier molecular flexibility index (Phi) is 5.85. The Hall–Kier alpha value is -2.87. The van der Waals surface area contributed by atoms with Crippen molar-refractivity contribution in [1.82, 2.24) is 5.32 Å². The molecule has 3 aromatic carbocycles. The summed E-state index contributed by atoms with van der Waals surface area (Å²) in [6, 6.07) is 30.4. The Morgan fingerprint density at radius 3 is 1.69 bits per heavy atom. The molecule has 132 valence electrons. The van der Waals surface area contributed by atoms with Gasteiger partial charge in [-0.05, 0) is 29.7 Å². The van der Waals surface area contributed by atoms with Crippen LogP contribution in [0.2, 0.25) is 0 Å². The van der Waals surface area contributed by atoms with E-state index in [0.717, 1.165) is 12.8 Å². The molecule has 0 heterocycles. The predicted molar refractivity (Wildman–Crippen MR) is 107 cm³/mol. The molecular formula is C24H25NO. The highest BCUT2D eigenvalue weighted by Crippen LogP contribution is 2.36. The zero-order valence-corrected chi connectivity index (χ0v) is 15.2. The molecule has 1 amide bonds. The lowest BCUT2D eigenvalue weighted by Crippen LogP contribution is -2.41. The Bertz CT molecular complexity index is 773. The third kappa shape index (κ3) is 3.85. The van der Waals surface area contributed by atoms with Crippen molar-refractivity contribution in [2.75, 3.05) is 6.54 Å². The SMILES string of the molecule is CCCC(CNC(=O)c1ccccc1)(c1ccccc1)c1ccccc1. The number of hydrogen-bond acceptors (Lipinski definition) is 1. The second-order valence-electron chi connectivity index (χ2n) is 6.61. The van der Waals surface area contributed by atoms with Crippen molar-refractivity contribution in [3.63, 3.8) is 0 Å². The quantitative estimate of drug-likeness (QED) is 0.627. The van der Waals surface area contributed by atoms with E-state index in [1.807, 2.05) is 42.5 Å². The highest BCUT2D eigenvalue weighted by Gasteiger charge is 2.33. The summed E-state index contributed by atoms with van der Waals surface area (Å²) in [4.78, 5) is 12.6. The van der Waals surface area contributed by atoms with E-state index in [4.69, 9.17) is 0 Å². The van der Waals surface area contributed by atoms with E-state index in [1.165, 1.54) is 11.1 Å². The van der Waals surface area contributed by atoms with Gasteiger partial charge < -0.3 is 5.32 Å². The number of nitrogens with one attached hydrogen (secondary N) is 1. The van der Waals surface area contributed by atoms with Gasteiger partial charge in [-0.3, -0.25) is 4.79 Å². The highest BCUT2D eigenvalue weighted by atomic mass is 16.1. The summed E-state index contributed by atoms with van der Waals surface area (Å²) in [7, 11) is 0. The van der Waals surface area contributed by atoms with Gasteiger partial charge in [-0.15, -0.1) is 0 Å². The maximum absolute atomic E-state index is 12.6. The average molecular weight is 343 g/mol. The molecule has 2 nitrogen and oxygen atoms in total. The molecule has 2 heteroatoms. The molecule has 0 aliphatic rings. The maximum Gasteiger partial charge on any atom is 0.251 e. The number of carbonyl (C=O) groups excluding carboxylic acids is 1. The molecule has 0 spiro atoms. The second-order valence-corrected chi connectivity index (χ2v) is 6.61. The standard InChI is InChI=1S/C24H25NO/c1-2-18-24(21-14-8-4-9-15-21,22-16-10-5-11-17-22)19-25-23(26)20-12-6-3-7-13-20/h3-17H,2,18-19H2,1H3,(H,25,26). The molecule has 26 heavy (non-hydrogen) atoms. The lowest BCUT2D eigenvalue weighted by Gasteiger charge is -2.35. The van der Waals surface area contributed by atoms with Crippen molar-refractivity contribution in [1.29, 1.82) is 0 Å². The molecule has 0 aromatic heterocycles. The lowest BCUT2D eigenvalue weighted by atomic mass is 9.71. The van der Waals surface area contributed by atoms with Crippen molar-refractivity contribution in [2.24, 2.45) is 0 Å². The molecular weight excluding hydrogens is 318 g/mol. The minimum atomic E-state index is -0.234. The van der Waals surface area contributed by atoms with Gasteiger partial charge in [0, 0.05) is 17.5 Å². The normalized spacial score (nSPS) is 11.1. The van der Waals surface area contributed by atoms with E-state index in [0.29, 0.717) is 12.1 Å². The summed E-state index contributed by atoms with van der Waals surface area (Å²) in [6.45, 7) is 2.77. The van der Waals surface area contributed by atoms with Crippen molar-refractivity contribution < 1.29 is 4.79 Å². The first kappa shape index (κ1) is 17.9. The Balaban J connectivity index is 1.96. The van der Waals surface area contributed by atoms with Crippen LogP contribution in [0.1, 0.15) is 41.3 Å². The molecule has 0 atom stereocenters. The van der Waals surface area contributed by atoms with Crippen LogP contribution in [0.4, 0.5) is 0 Å². The van der Waals surface area contributed by atoms with Gasteiger partial charge in [0.15, 0.2) is 0 Å². The number of rotatable bonds is 7. The van der Waals surface area contributed by atoms with Gasteiger partial charge in [0.05, 0.1) is 0 Å². The minimum Gasteiger partial charge on any atom is -0.351 e. The van der Waals surface area contributed by atoms with E-state index in [2.05, 4.69) is 60.8 Å². The zero-order chi connectivity index (χ0) is 18.2. The molecule has 0 saturated carbocycles. The van der Waals surface area contributed by atoms with Crippen LogP contribution in [0, 0.1) is 0 Å². The maximum atomic E-state index is 12.6. The van der Waals surface area contributed by atoms with E-state index in [1.54, 1.807) is 0 Å². The summed E-state index contributed by atoms with van der Waals surface area (Å²) in [5, 5.41) is 3.18. The Morgan fingerprint density at radius 2 is 1.23 bits per heavy atom. The van der Waals surface area contributed by atoms with Crippen molar-refractivity contribution in [3.05, 3.63) is 108 Å². The molecule has 0 unspecified atom stereocenters. The van der Waals surface area contributed by atoms with E-state index in [9.17, 15) is 4.79 Å². The van der Waals surface area contributed by atoms with Gasteiger partial charge >= 0.3 is 0 Å². The van der Waals surface area contributed by atoms with Crippen molar-refractivity contribution in [2.45, 2.75) is 25.2 Å². The first-order valence-corrected chi connectivity index (χ1v) is 9.20. The third-order valence-electron chi connectivity index (χ3n) is 4.92. The van der Waals surface area contributed by atoms with Crippen LogP contribution in [0.3, 0.4) is 0 Å². The van der Waals surface area contributed by atoms with Crippen LogP contribution in [-0.4, -0.2) is 12.5 Å². The van der Waals surface area contributed by atoms with Crippen LogP contribution in [0.15, 0.2) is 91.0 Å². The summed E-state index contributed by atoms with van der Waals surface area (Å²) in [5.74, 6) is -0.0297. The van der Waals surface area contributed by atoms with E-state index in [-0.39, 0.29) is 11.3 Å². The van der Waals surface area contributed by atoms with Gasteiger partial charge in [-0.1, -0.05) is 92.2 Å². The predicted octanol–water partition coefficient (Wildman–Crippen LogP) is 5.20. The summed E-state index contributed by atoms with van der Waals surface area (Å²) in [6.07, 6.45) is 2.00. The van der Waals surface area contributed by atoms with Gasteiger partial charge in [-0.2, -0.15) is 0 Å². The average Bonchev–Trinajstić information content (AvgIpc) is 2.73. The largest absolute Gasteiger partial charge is 0.351 e. The summed E-state index contributed by atoms with van der Waals surface area (Å²) in [5.41, 5.74) is 2.93. The number of benzene rings is 3. The minimum absolute atomic E-state index is 0.0297. The first-order valence-electron chi connectivity index (χ1n) is 9.20. The van der Waals surface area contributed by atoms with Crippen molar-refractivity contribution in [3.8, 4) is 0 Å². The Morgan fingerprint density at radius 1 is 0.769 bits per heavy atom. The lowest BCUT2D eigenvalue weighted by molar-refractivity contribution is 0.0945. The van der Waals surface area contributed by atoms with Crippen LogP contribution in [-0.2, 0) is 5.41 Å². The highest BCUT2D eigenvalue weighted by molar-refractivity contribution is 5.94. The smallest absolute Gasteiger partial charge is 0.251 e. The molecule has 0 bridgehead atoms. The van der Waals surface area contributed by atoms with Crippen LogP contribution >= 0.6 is 0 Å². The van der Waals surface area contributed by atoms with Crippen LogP contribution in [0.5, 0.6) is 0 Å². The van der Waals surface area contributed by atoms with Crippen LogP contribution < -0.4 is 5.32 Å². The molecule has 0 radical (unpaired) electrons. The molecule has 3 rings (SSSR count). The molecule has 0 aliphatic carbocycles.